The Labute approximate surface area is 287 Å². The van der Waals surface area contributed by atoms with Gasteiger partial charge in [-0.15, -0.1) is 0 Å². The molecular weight excluding hydrogens is 630 g/mol. The molecule has 3 amide bonds. The normalized spacial score (nSPS) is 18.9. The van der Waals surface area contributed by atoms with E-state index in [0.29, 0.717) is 32.7 Å². The number of unbranched alkanes of at least 4 members (excludes halogenated alkanes) is 2. The number of ether oxygens (including phenoxy) is 2. The number of fused-ring (bicyclic) bond motifs is 3. The number of amides is 3. The maximum atomic E-state index is 13.3. The number of hydrogen-bond acceptors (Lipinski definition) is 6. The van der Waals surface area contributed by atoms with Gasteiger partial charge in [0, 0.05) is 56.9 Å². The van der Waals surface area contributed by atoms with Crippen LogP contribution in [0.5, 0.6) is 0 Å². The third-order valence-electron chi connectivity index (χ3n) is 8.85. The van der Waals surface area contributed by atoms with Crippen LogP contribution >= 0.6 is 0 Å². The molecule has 0 bridgehead atoms. The molecular formula is C36H55N5O6S. The molecule has 0 radical (unpaired) electrons. The van der Waals surface area contributed by atoms with Crippen molar-refractivity contribution in [1.29, 1.82) is 0 Å². The van der Waals surface area contributed by atoms with Crippen LogP contribution < -0.4 is 10.0 Å². The molecule has 48 heavy (non-hydrogen) atoms. The predicted octanol–water partition coefficient (Wildman–Crippen LogP) is 5.84. The average Bonchev–Trinajstić information content (AvgIpc) is 3.26. The second kappa shape index (κ2) is 17.8. The summed E-state index contributed by atoms with van der Waals surface area (Å²) in [4.78, 5) is 28.3. The summed E-state index contributed by atoms with van der Waals surface area (Å²) in [6, 6.07) is 4.92. The van der Waals surface area contributed by atoms with E-state index in [4.69, 9.17) is 9.47 Å². The van der Waals surface area contributed by atoms with E-state index in [0.717, 1.165) is 63.3 Å². The van der Waals surface area contributed by atoms with Crippen LogP contribution in [0.25, 0.3) is 16.5 Å². The Balaban J connectivity index is 0.00000307. The largest absolute Gasteiger partial charge is 0.381 e. The van der Waals surface area contributed by atoms with Gasteiger partial charge in [0.05, 0.1) is 37.5 Å². The molecule has 11 nitrogen and oxygen atoms in total. The lowest BCUT2D eigenvalue weighted by Crippen LogP contribution is -2.59. The molecule has 1 aromatic heterocycles. The van der Waals surface area contributed by atoms with Crippen LogP contribution in [0.2, 0.25) is 0 Å². The number of carbonyl (C=O) groups excluding carboxylic acids is 2. The van der Waals surface area contributed by atoms with Gasteiger partial charge in [-0.3, -0.25) is 4.79 Å². The first-order valence-corrected chi connectivity index (χ1v) is 18.4. The van der Waals surface area contributed by atoms with E-state index in [2.05, 4.69) is 41.1 Å². The van der Waals surface area contributed by atoms with Gasteiger partial charge in [-0.05, 0) is 42.0 Å². The quantitative estimate of drug-likeness (QED) is 0.256. The van der Waals surface area contributed by atoms with Crippen molar-refractivity contribution in [3.05, 3.63) is 65.4 Å². The highest BCUT2D eigenvalue weighted by Gasteiger charge is 2.35. The topological polar surface area (TPSA) is 122 Å². The van der Waals surface area contributed by atoms with Crippen molar-refractivity contribution in [3.63, 3.8) is 0 Å². The highest BCUT2D eigenvalue weighted by Crippen LogP contribution is 2.43. The molecule has 1 fully saturated rings. The number of nitrogens with zero attached hydrogens (tertiary/aromatic N) is 3. The first kappa shape index (κ1) is 39.0. The maximum Gasteiger partial charge on any atom is 0.317 e. The van der Waals surface area contributed by atoms with Gasteiger partial charge in [0.25, 0.3) is 5.91 Å². The van der Waals surface area contributed by atoms with Crippen molar-refractivity contribution in [2.24, 2.45) is 0 Å². The maximum absolute atomic E-state index is 13.3. The van der Waals surface area contributed by atoms with Crippen molar-refractivity contribution < 1.29 is 27.5 Å². The molecule has 2 N–H and O–H groups in total. The minimum Gasteiger partial charge on any atom is -0.381 e. The fraction of sp³-hybridized carbons (Fsp3) is 0.556. The number of aromatic nitrogens is 1. The molecule has 266 valence electrons. The standard InChI is InChI=1S/C34H49N5O6S.C2H6/c1-8-10-11-13-23(3)31-29-15-14-25(33(40)36-46(42,43)37(4)5)19-30(29)39-20-26(35-34(41)38-21-27(22-38)45-7)18-24(16-17-44-6)28(12-9-2)32(31)39;1-2/h9,12,14-16,19,23,26-27H,2,8,10-11,13,17-18,20-22H2,1,3-7H3,(H,35,41)(H,36,40);1-2H3/b24-16-,28-12+;. The zero-order valence-electron chi connectivity index (χ0n) is 30.0. The fourth-order valence-electron chi connectivity index (χ4n) is 6.22. The second-order valence-corrected chi connectivity index (χ2v) is 14.2. The van der Waals surface area contributed by atoms with E-state index in [1.807, 2.05) is 26.0 Å². The summed E-state index contributed by atoms with van der Waals surface area (Å²) in [5.74, 6) is -0.524. The Hall–Kier alpha value is -3.45. The number of urea groups is 1. The zero-order valence-corrected chi connectivity index (χ0v) is 30.8. The monoisotopic (exact) mass is 685 g/mol. The van der Waals surface area contributed by atoms with Crippen LogP contribution in [0.3, 0.4) is 0 Å². The van der Waals surface area contributed by atoms with Crippen LogP contribution in [-0.2, 0) is 26.2 Å². The molecule has 3 heterocycles. The lowest BCUT2D eigenvalue weighted by Gasteiger charge is -2.38. The molecule has 2 unspecified atom stereocenters. The number of hydrogen-bond donors (Lipinski definition) is 2. The highest BCUT2D eigenvalue weighted by atomic mass is 32.2. The minimum absolute atomic E-state index is 0.0387. The van der Waals surface area contributed by atoms with Gasteiger partial charge in [-0.25, -0.2) is 9.52 Å². The third-order valence-corrected chi connectivity index (χ3v) is 10.3. The molecule has 1 saturated heterocycles. The third kappa shape index (κ3) is 8.96. The Morgan fingerprint density at radius 3 is 2.46 bits per heavy atom. The van der Waals surface area contributed by atoms with Crippen molar-refractivity contribution in [2.45, 2.75) is 84.4 Å². The molecule has 0 aliphatic carbocycles. The summed E-state index contributed by atoms with van der Waals surface area (Å²) >= 11 is 0. The summed E-state index contributed by atoms with van der Waals surface area (Å²) in [6.45, 7) is 14.4. The summed E-state index contributed by atoms with van der Waals surface area (Å²) in [7, 11) is 2.05. The second-order valence-electron chi connectivity index (χ2n) is 12.3. The molecule has 0 saturated carbocycles. The minimum atomic E-state index is -3.98. The summed E-state index contributed by atoms with van der Waals surface area (Å²) < 4.78 is 41.1. The SMILES string of the molecule is C=C/C=C1\C(=C/COC)CC(NC(=O)N2CC(OC)C2)Cn2c1c(C(C)CCCCC)c1ccc(C(=O)NS(=O)(=O)N(C)C)cc12.CC. The van der Waals surface area contributed by atoms with Crippen LogP contribution in [0.4, 0.5) is 4.79 Å². The molecule has 2 aliphatic heterocycles. The van der Waals surface area contributed by atoms with Crippen LogP contribution in [0.1, 0.15) is 87.3 Å². The van der Waals surface area contributed by atoms with Crippen LogP contribution in [-0.4, -0.2) is 94.3 Å². The highest BCUT2D eigenvalue weighted by molar-refractivity contribution is 7.87. The number of carbonyl (C=O) groups is 2. The van der Waals surface area contributed by atoms with Gasteiger partial charge in [0.2, 0.25) is 0 Å². The lowest BCUT2D eigenvalue weighted by atomic mass is 9.87. The smallest absolute Gasteiger partial charge is 0.317 e. The number of allylic oxidation sites excluding steroid dienone is 3. The zero-order chi connectivity index (χ0) is 35.6. The van der Waals surface area contributed by atoms with E-state index in [1.54, 1.807) is 37.3 Å². The van der Waals surface area contributed by atoms with Gasteiger partial charge in [0.1, 0.15) is 0 Å². The van der Waals surface area contributed by atoms with Crippen LogP contribution in [0, 0.1) is 0 Å². The Morgan fingerprint density at radius 2 is 1.85 bits per heavy atom. The molecule has 2 aromatic rings. The van der Waals surface area contributed by atoms with Crippen molar-refractivity contribution in [1.82, 2.24) is 23.8 Å². The Bertz CT molecular complexity index is 1600. The fourth-order valence-corrected chi connectivity index (χ4v) is 6.75. The van der Waals surface area contributed by atoms with Gasteiger partial charge in [0.15, 0.2) is 0 Å². The van der Waals surface area contributed by atoms with E-state index >= 15 is 0 Å². The van der Waals surface area contributed by atoms with Gasteiger partial charge < -0.3 is 24.3 Å². The number of benzene rings is 1. The van der Waals surface area contributed by atoms with E-state index in [9.17, 15) is 18.0 Å². The Kier molecular flexibility index (Phi) is 14.5. The number of likely N-dealkylation sites (tertiary alicyclic amines) is 1. The summed E-state index contributed by atoms with van der Waals surface area (Å²) in [6.07, 6.45) is 10.8. The summed E-state index contributed by atoms with van der Waals surface area (Å²) in [5.41, 5.74) is 5.22. The van der Waals surface area contributed by atoms with Crippen molar-refractivity contribution in [3.8, 4) is 0 Å². The average molecular weight is 686 g/mol. The number of rotatable bonds is 13. The van der Waals surface area contributed by atoms with Crippen molar-refractivity contribution >= 4 is 38.6 Å². The predicted molar refractivity (Wildman–Crippen MR) is 193 cm³/mol. The van der Waals surface area contributed by atoms with E-state index in [-0.39, 0.29) is 29.7 Å². The molecule has 2 aliphatic rings. The van der Waals surface area contributed by atoms with E-state index < -0.39 is 16.1 Å². The summed E-state index contributed by atoms with van der Waals surface area (Å²) in [5, 5.41) is 4.24. The molecule has 1 aromatic carbocycles. The van der Waals surface area contributed by atoms with Crippen LogP contribution in [0.15, 0.2) is 48.6 Å². The number of methoxy groups -OCH3 is 2. The first-order chi connectivity index (χ1) is 22.9. The first-order valence-electron chi connectivity index (χ1n) is 17.0. The molecule has 12 heteroatoms. The Morgan fingerprint density at radius 1 is 1.15 bits per heavy atom. The number of nitrogens with one attached hydrogen (secondary N) is 2. The molecule has 2 atom stereocenters. The van der Waals surface area contributed by atoms with E-state index in [1.165, 1.54) is 14.1 Å². The van der Waals surface area contributed by atoms with Gasteiger partial charge in [-0.2, -0.15) is 12.7 Å². The van der Waals surface area contributed by atoms with Crippen molar-refractivity contribution in [2.75, 3.05) is 48.0 Å². The lowest BCUT2D eigenvalue weighted by molar-refractivity contribution is -0.00827. The molecule has 4 rings (SSSR count). The molecule has 0 spiro atoms. The van der Waals surface area contributed by atoms with Gasteiger partial charge in [-0.1, -0.05) is 77.8 Å². The van der Waals surface area contributed by atoms with Gasteiger partial charge >= 0.3 is 16.2 Å².